The molecule has 0 aliphatic rings. The second-order valence-corrected chi connectivity index (χ2v) is 9.70. The molecule has 142 valence electrons. The van der Waals surface area contributed by atoms with Gasteiger partial charge in [-0.3, -0.25) is 4.72 Å². The third kappa shape index (κ3) is 4.02. The molecule has 0 aliphatic carbocycles. The Morgan fingerprint density at radius 3 is 2.19 bits per heavy atom. The summed E-state index contributed by atoms with van der Waals surface area (Å²) in [5, 5.41) is 4.11. The van der Waals surface area contributed by atoms with Gasteiger partial charge < -0.3 is 0 Å². The highest BCUT2D eigenvalue weighted by Crippen LogP contribution is 2.21. The molecule has 10 heteroatoms. The van der Waals surface area contributed by atoms with Crippen molar-refractivity contribution in [1.29, 1.82) is 0 Å². The largest absolute Gasteiger partial charge is 0.280 e. The Morgan fingerprint density at radius 2 is 1.59 bits per heavy atom. The molecule has 27 heavy (non-hydrogen) atoms. The molecule has 0 atom stereocenters. The lowest BCUT2D eigenvalue weighted by Crippen LogP contribution is -2.22. The summed E-state index contributed by atoms with van der Waals surface area (Å²) in [5.74, 6) is 0. The van der Waals surface area contributed by atoms with Crippen molar-refractivity contribution in [3.8, 4) is 5.69 Å². The van der Waals surface area contributed by atoms with E-state index < -0.39 is 20.0 Å². The van der Waals surface area contributed by atoms with Gasteiger partial charge in [0, 0.05) is 26.5 Å². The molecule has 0 saturated heterocycles. The molecule has 3 rings (SSSR count). The van der Waals surface area contributed by atoms with Gasteiger partial charge in [0.2, 0.25) is 10.0 Å². The molecule has 0 fully saturated rings. The van der Waals surface area contributed by atoms with Crippen LogP contribution in [0.3, 0.4) is 0 Å². The summed E-state index contributed by atoms with van der Waals surface area (Å²) in [5.41, 5.74) is 1.07. The summed E-state index contributed by atoms with van der Waals surface area (Å²) < 4.78 is 54.5. The molecule has 0 amide bonds. The van der Waals surface area contributed by atoms with Gasteiger partial charge in [-0.2, -0.15) is 5.10 Å². The Kier molecular flexibility index (Phi) is 5.05. The number of rotatable bonds is 6. The van der Waals surface area contributed by atoms with Crippen molar-refractivity contribution < 1.29 is 16.8 Å². The van der Waals surface area contributed by atoms with E-state index in [2.05, 4.69) is 9.82 Å². The number of benzene rings is 2. The number of sulfonamides is 2. The molecular weight excluding hydrogens is 388 g/mol. The molecule has 1 aromatic heterocycles. The fourth-order valence-electron chi connectivity index (χ4n) is 2.35. The number of nitrogens with zero attached hydrogens (tertiary/aromatic N) is 3. The van der Waals surface area contributed by atoms with Crippen molar-refractivity contribution in [2.45, 2.75) is 9.79 Å². The number of aromatic nitrogens is 2. The molecule has 2 aromatic carbocycles. The van der Waals surface area contributed by atoms with Crippen LogP contribution in [0.1, 0.15) is 0 Å². The van der Waals surface area contributed by atoms with Crippen LogP contribution in [0.2, 0.25) is 0 Å². The third-order valence-electron chi connectivity index (χ3n) is 3.78. The van der Waals surface area contributed by atoms with Crippen molar-refractivity contribution in [2.75, 3.05) is 18.8 Å². The highest BCUT2D eigenvalue weighted by Gasteiger charge is 2.20. The van der Waals surface area contributed by atoms with E-state index in [1.165, 1.54) is 38.4 Å². The van der Waals surface area contributed by atoms with Crippen LogP contribution < -0.4 is 4.72 Å². The van der Waals surface area contributed by atoms with E-state index in [0.717, 1.165) is 4.31 Å². The lowest BCUT2D eigenvalue weighted by molar-refractivity contribution is 0.520. The molecule has 0 bridgehead atoms. The van der Waals surface area contributed by atoms with Crippen molar-refractivity contribution in [2.24, 2.45) is 0 Å². The topological polar surface area (TPSA) is 101 Å². The fraction of sp³-hybridized carbons (Fsp3) is 0.118. The molecule has 1 N–H and O–H groups in total. The first kappa shape index (κ1) is 19.1. The van der Waals surface area contributed by atoms with Crippen molar-refractivity contribution in [3.05, 3.63) is 67.0 Å². The van der Waals surface area contributed by atoms with Crippen molar-refractivity contribution in [1.82, 2.24) is 14.1 Å². The highest BCUT2D eigenvalue weighted by molar-refractivity contribution is 7.92. The van der Waals surface area contributed by atoms with Gasteiger partial charge in [-0.25, -0.2) is 25.8 Å². The van der Waals surface area contributed by atoms with E-state index in [4.69, 9.17) is 0 Å². The summed E-state index contributed by atoms with van der Waals surface area (Å²) in [6, 6.07) is 13.6. The average Bonchev–Trinajstić information content (AvgIpc) is 3.16. The maximum absolute atomic E-state index is 12.6. The standard InChI is InChI=1S/C17H18N4O4S2/c1-20(2)27(24,25)17-9-7-16(8-10-17)26(22,23)19-14-5-3-6-15(13-14)21-12-4-11-18-21/h3-13,19H,1-2H3. The zero-order valence-electron chi connectivity index (χ0n) is 14.6. The minimum Gasteiger partial charge on any atom is -0.280 e. The van der Waals surface area contributed by atoms with Gasteiger partial charge in [0.15, 0.2) is 0 Å². The minimum absolute atomic E-state index is 0.0205. The Balaban J connectivity index is 1.86. The maximum atomic E-state index is 12.6. The van der Waals surface area contributed by atoms with Crippen molar-refractivity contribution >= 4 is 25.7 Å². The van der Waals surface area contributed by atoms with Gasteiger partial charge in [0.05, 0.1) is 21.2 Å². The summed E-state index contributed by atoms with van der Waals surface area (Å²) >= 11 is 0. The first-order valence-corrected chi connectivity index (χ1v) is 10.8. The lowest BCUT2D eigenvalue weighted by Gasteiger charge is -2.13. The lowest BCUT2D eigenvalue weighted by atomic mass is 10.3. The Morgan fingerprint density at radius 1 is 0.926 bits per heavy atom. The Hall–Kier alpha value is -2.69. The van der Waals surface area contributed by atoms with E-state index in [0.29, 0.717) is 11.4 Å². The van der Waals surface area contributed by atoms with E-state index in [9.17, 15) is 16.8 Å². The first-order valence-electron chi connectivity index (χ1n) is 7.86. The molecule has 0 spiro atoms. The second-order valence-electron chi connectivity index (χ2n) is 5.87. The Labute approximate surface area is 158 Å². The zero-order chi connectivity index (χ0) is 19.7. The zero-order valence-corrected chi connectivity index (χ0v) is 16.3. The van der Waals surface area contributed by atoms with Crippen LogP contribution in [0, 0.1) is 0 Å². The van der Waals surface area contributed by atoms with Gasteiger partial charge in [-0.15, -0.1) is 0 Å². The third-order valence-corrected chi connectivity index (χ3v) is 7.01. The van der Waals surface area contributed by atoms with Gasteiger partial charge in [0.1, 0.15) is 0 Å². The summed E-state index contributed by atoms with van der Waals surface area (Å²) in [6.07, 6.45) is 3.37. The molecular formula is C17H18N4O4S2. The van der Waals surface area contributed by atoms with Gasteiger partial charge >= 0.3 is 0 Å². The van der Waals surface area contributed by atoms with Crippen LogP contribution in [0.25, 0.3) is 5.69 Å². The maximum Gasteiger partial charge on any atom is 0.261 e. The number of nitrogens with one attached hydrogen (secondary N) is 1. The van der Waals surface area contributed by atoms with Crippen LogP contribution in [-0.4, -0.2) is 45.0 Å². The molecule has 1 heterocycles. The quantitative estimate of drug-likeness (QED) is 0.674. The monoisotopic (exact) mass is 406 g/mol. The fourth-order valence-corrected chi connectivity index (χ4v) is 4.30. The molecule has 8 nitrogen and oxygen atoms in total. The van der Waals surface area contributed by atoms with Crippen LogP contribution in [0.15, 0.2) is 76.8 Å². The first-order chi connectivity index (χ1) is 12.7. The normalized spacial score (nSPS) is 12.3. The minimum atomic E-state index is -3.87. The molecule has 0 unspecified atom stereocenters. The molecule has 3 aromatic rings. The van der Waals surface area contributed by atoms with E-state index in [-0.39, 0.29) is 9.79 Å². The predicted octanol–water partition coefficient (Wildman–Crippen LogP) is 1.92. The molecule has 0 aliphatic heterocycles. The number of anilines is 1. The summed E-state index contributed by atoms with van der Waals surface area (Å²) in [6.45, 7) is 0. The van der Waals surface area contributed by atoms with Crippen LogP contribution >= 0.6 is 0 Å². The number of hydrogen-bond acceptors (Lipinski definition) is 5. The molecule has 0 radical (unpaired) electrons. The number of hydrogen-bond donors (Lipinski definition) is 1. The molecule has 0 saturated carbocycles. The van der Waals surface area contributed by atoms with Gasteiger partial charge in [-0.1, -0.05) is 6.07 Å². The van der Waals surface area contributed by atoms with Gasteiger partial charge in [0.25, 0.3) is 10.0 Å². The van der Waals surface area contributed by atoms with E-state index in [1.54, 1.807) is 47.4 Å². The van der Waals surface area contributed by atoms with Crippen LogP contribution in [0.4, 0.5) is 5.69 Å². The predicted molar refractivity (Wildman–Crippen MR) is 102 cm³/mol. The average molecular weight is 406 g/mol. The highest BCUT2D eigenvalue weighted by atomic mass is 32.2. The summed E-state index contributed by atoms with van der Waals surface area (Å²) in [4.78, 5) is -0.0168. The van der Waals surface area contributed by atoms with E-state index >= 15 is 0 Å². The van der Waals surface area contributed by atoms with Crippen LogP contribution in [0.5, 0.6) is 0 Å². The smallest absolute Gasteiger partial charge is 0.261 e. The van der Waals surface area contributed by atoms with Crippen molar-refractivity contribution in [3.63, 3.8) is 0 Å². The van der Waals surface area contributed by atoms with Crippen LogP contribution in [-0.2, 0) is 20.0 Å². The van der Waals surface area contributed by atoms with E-state index in [1.807, 2.05) is 0 Å². The second kappa shape index (κ2) is 7.14. The Bertz CT molecular complexity index is 1140. The summed E-state index contributed by atoms with van der Waals surface area (Å²) in [7, 11) is -4.67. The van der Waals surface area contributed by atoms with Gasteiger partial charge in [-0.05, 0) is 48.5 Å². The SMILES string of the molecule is CN(C)S(=O)(=O)c1ccc(S(=O)(=O)Nc2cccc(-n3cccn3)c2)cc1.